The van der Waals surface area contributed by atoms with Crippen LogP contribution in [-0.4, -0.2) is 52.6 Å². The van der Waals surface area contributed by atoms with E-state index < -0.39 is 5.97 Å². The number of nitrogens with zero attached hydrogens (tertiary/aromatic N) is 1. The molecule has 0 aromatic carbocycles. The third-order valence-corrected chi connectivity index (χ3v) is 5.81. The van der Waals surface area contributed by atoms with Crippen molar-refractivity contribution in [2.24, 2.45) is 5.92 Å². The van der Waals surface area contributed by atoms with E-state index in [1.54, 1.807) is 0 Å². The van der Waals surface area contributed by atoms with E-state index in [0.717, 1.165) is 25.8 Å². The molecule has 1 heterocycles. The van der Waals surface area contributed by atoms with Gasteiger partial charge in [0.1, 0.15) is 0 Å². The highest BCUT2D eigenvalue weighted by Crippen LogP contribution is 2.29. The zero-order chi connectivity index (χ0) is 15.2. The summed E-state index contributed by atoms with van der Waals surface area (Å²) in [6.07, 6.45) is 8.46. The molecule has 2 N–H and O–H groups in total. The quantitative estimate of drug-likeness (QED) is 0.818. The molecule has 1 aliphatic heterocycles. The molecule has 6 heteroatoms. The van der Waals surface area contributed by atoms with Crippen molar-refractivity contribution < 1.29 is 14.7 Å². The van der Waals surface area contributed by atoms with Gasteiger partial charge in [0.25, 0.3) is 0 Å². The van der Waals surface area contributed by atoms with E-state index in [2.05, 4.69) is 11.6 Å². The second-order valence-electron chi connectivity index (χ2n) is 6.15. The highest BCUT2D eigenvalue weighted by molar-refractivity contribution is 7.99. The number of urea groups is 1. The predicted octanol–water partition coefficient (Wildman–Crippen LogP) is 2.56. The van der Waals surface area contributed by atoms with E-state index in [4.69, 9.17) is 5.11 Å². The van der Waals surface area contributed by atoms with Crippen LogP contribution >= 0.6 is 11.8 Å². The van der Waals surface area contributed by atoms with Crippen molar-refractivity contribution >= 4 is 23.8 Å². The Bertz CT molecular complexity index is 378. The Balaban J connectivity index is 1.80. The molecule has 0 aromatic rings. The Hall–Kier alpha value is -0.910. The van der Waals surface area contributed by atoms with Crippen molar-refractivity contribution in [1.29, 1.82) is 0 Å². The molecule has 0 aromatic heterocycles. The average Bonchev–Trinajstić information content (AvgIpc) is 2.92. The fraction of sp³-hybridized carbons (Fsp3) is 0.867. The van der Waals surface area contributed by atoms with Gasteiger partial charge >= 0.3 is 12.0 Å². The van der Waals surface area contributed by atoms with E-state index in [1.165, 1.54) is 12.8 Å². The molecule has 0 bridgehead atoms. The third-order valence-electron chi connectivity index (χ3n) is 4.64. The van der Waals surface area contributed by atoms with Crippen LogP contribution in [0.1, 0.15) is 44.9 Å². The first-order valence-corrected chi connectivity index (χ1v) is 9.19. The van der Waals surface area contributed by atoms with Crippen LogP contribution in [0.3, 0.4) is 0 Å². The number of hydrogen-bond acceptors (Lipinski definition) is 3. The molecule has 2 aliphatic rings. The summed E-state index contributed by atoms with van der Waals surface area (Å²) in [6, 6.07) is 0.341. The number of carbonyl (C=O) groups excluding carboxylic acids is 1. The van der Waals surface area contributed by atoms with Crippen molar-refractivity contribution in [3.63, 3.8) is 0 Å². The third kappa shape index (κ3) is 4.80. The van der Waals surface area contributed by atoms with Gasteiger partial charge in [0, 0.05) is 30.8 Å². The number of aliphatic carboxylic acids is 1. The first-order valence-electron chi connectivity index (χ1n) is 7.90. The molecule has 21 heavy (non-hydrogen) atoms. The number of hydrogen-bond donors (Lipinski definition) is 2. The van der Waals surface area contributed by atoms with Crippen molar-refractivity contribution in [2.75, 3.05) is 19.3 Å². The van der Waals surface area contributed by atoms with Crippen LogP contribution in [0.25, 0.3) is 0 Å². The molecule has 2 fully saturated rings. The number of likely N-dealkylation sites (tertiary alicyclic amines) is 1. The van der Waals surface area contributed by atoms with Crippen LogP contribution < -0.4 is 5.32 Å². The van der Waals surface area contributed by atoms with Gasteiger partial charge in [0.2, 0.25) is 0 Å². The highest BCUT2D eigenvalue weighted by Gasteiger charge is 2.30. The number of nitrogens with one attached hydrogen (secondary N) is 1. The molecule has 1 aliphatic carbocycles. The van der Waals surface area contributed by atoms with Gasteiger partial charge in [-0.3, -0.25) is 4.79 Å². The van der Waals surface area contributed by atoms with E-state index in [-0.39, 0.29) is 12.5 Å². The molecule has 3 atom stereocenters. The second kappa shape index (κ2) is 7.92. The van der Waals surface area contributed by atoms with Crippen LogP contribution in [0.5, 0.6) is 0 Å². The summed E-state index contributed by atoms with van der Waals surface area (Å²) in [7, 11) is 0. The van der Waals surface area contributed by atoms with Gasteiger partial charge in [-0.25, -0.2) is 4.79 Å². The molecule has 2 rings (SSSR count). The Morgan fingerprint density at radius 1 is 1.29 bits per heavy atom. The number of carboxylic acids is 1. The van der Waals surface area contributed by atoms with Crippen LogP contribution in [0.4, 0.5) is 4.79 Å². The number of carbonyl (C=O) groups is 2. The van der Waals surface area contributed by atoms with Crippen LogP contribution in [-0.2, 0) is 4.79 Å². The van der Waals surface area contributed by atoms with Crippen LogP contribution in [0.2, 0.25) is 0 Å². The predicted molar refractivity (Wildman–Crippen MR) is 84.6 cm³/mol. The maximum absolute atomic E-state index is 12.4. The summed E-state index contributed by atoms with van der Waals surface area (Å²) >= 11 is 1.84. The Morgan fingerprint density at radius 3 is 2.81 bits per heavy atom. The Kier molecular flexibility index (Phi) is 6.21. The molecule has 2 amide bonds. The maximum Gasteiger partial charge on any atom is 0.317 e. The smallest absolute Gasteiger partial charge is 0.317 e. The average molecular weight is 314 g/mol. The lowest BCUT2D eigenvalue weighted by molar-refractivity contribution is -0.137. The van der Waals surface area contributed by atoms with Crippen molar-refractivity contribution in [3.05, 3.63) is 0 Å². The van der Waals surface area contributed by atoms with Crippen molar-refractivity contribution in [2.45, 2.75) is 56.2 Å². The zero-order valence-electron chi connectivity index (χ0n) is 12.7. The monoisotopic (exact) mass is 314 g/mol. The fourth-order valence-corrected chi connectivity index (χ4v) is 4.37. The SMILES string of the molecule is CSC1CCCC1NC(=O)N1CCCC(CCC(=O)O)C1. The summed E-state index contributed by atoms with van der Waals surface area (Å²) in [4.78, 5) is 24.9. The number of thioether (sulfide) groups is 1. The molecule has 5 nitrogen and oxygen atoms in total. The molecule has 0 radical (unpaired) electrons. The summed E-state index contributed by atoms with van der Waals surface area (Å²) in [5.74, 6) is -0.411. The first kappa shape index (κ1) is 16.5. The summed E-state index contributed by atoms with van der Waals surface area (Å²) in [5.41, 5.74) is 0. The summed E-state index contributed by atoms with van der Waals surface area (Å²) in [6.45, 7) is 1.50. The molecular weight excluding hydrogens is 288 g/mol. The lowest BCUT2D eigenvalue weighted by Gasteiger charge is -2.34. The molecular formula is C15H26N2O3S. The van der Waals surface area contributed by atoms with Gasteiger partial charge in [-0.2, -0.15) is 11.8 Å². The highest BCUT2D eigenvalue weighted by atomic mass is 32.2. The van der Waals surface area contributed by atoms with Gasteiger partial charge < -0.3 is 15.3 Å². The summed E-state index contributed by atoms with van der Waals surface area (Å²) in [5, 5.41) is 12.5. The van der Waals surface area contributed by atoms with Crippen LogP contribution in [0, 0.1) is 5.92 Å². The lowest BCUT2D eigenvalue weighted by atomic mass is 9.93. The van der Waals surface area contributed by atoms with Gasteiger partial charge in [0.15, 0.2) is 0 Å². The topological polar surface area (TPSA) is 69.6 Å². The summed E-state index contributed by atoms with van der Waals surface area (Å²) < 4.78 is 0. The van der Waals surface area contributed by atoms with Gasteiger partial charge in [-0.15, -0.1) is 0 Å². The van der Waals surface area contributed by atoms with E-state index in [9.17, 15) is 9.59 Å². The van der Waals surface area contributed by atoms with E-state index >= 15 is 0 Å². The maximum atomic E-state index is 12.4. The largest absolute Gasteiger partial charge is 0.481 e. The minimum atomic E-state index is -0.745. The van der Waals surface area contributed by atoms with Crippen molar-refractivity contribution in [3.8, 4) is 0 Å². The van der Waals surface area contributed by atoms with Crippen LogP contribution in [0.15, 0.2) is 0 Å². The fourth-order valence-electron chi connectivity index (χ4n) is 3.44. The van der Waals surface area contributed by atoms with Gasteiger partial charge in [0.05, 0.1) is 0 Å². The normalized spacial score (nSPS) is 29.4. The first-order chi connectivity index (χ1) is 10.1. The van der Waals surface area contributed by atoms with Gasteiger partial charge in [-0.05, 0) is 44.3 Å². The second-order valence-corrected chi connectivity index (χ2v) is 7.22. The standard InChI is InChI=1S/C15H26N2O3S/c1-21-13-6-2-5-12(13)16-15(20)17-9-3-4-11(10-17)7-8-14(18)19/h11-13H,2-10H2,1H3,(H,16,20)(H,18,19). The minimum Gasteiger partial charge on any atom is -0.481 e. The number of amides is 2. The zero-order valence-corrected chi connectivity index (χ0v) is 13.5. The Morgan fingerprint density at radius 2 is 2.10 bits per heavy atom. The molecule has 0 spiro atoms. The molecule has 1 saturated carbocycles. The molecule has 1 saturated heterocycles. The van der Waals surface area contributed by atoms with E-state index in [1.807, 2.05) is 16.7 Å². The molecule has 3 unspecified atom stereocenters. The number of carboxylic acid groups (broad SMARTS) is 1. The minimum absolute atomic E-state index is 0.0426. The van der Waals surface area contributed by atoms with Crippen molar-refractivity contribution in [1.82, 2.24) is 10.2 Å². The number of piperidine rings is 1. The van der Waals surface area contributed by atoms with E-state index in [0.29, 0.717) is 30.2 Å². The molecule has 120 valence electrons. The van der Waals surface area contributed by atoms with Gasteiger partial charge in [-0.1, -0.05) is 6.42 Å². The Labute approximate surface area is 130 Å². The lowest BCUT2D eigenvalue weighted by Crippen LogP contribution is -2.50. The number of rotatable bonds is 5.